The summed E-state index contributed by atoms with van der Waals surface area (Å²) in [6.07, 6.45) is 6.10. The predicted molar refractivity (Wildman–Crippen MR) is 69.0 cm³/mol. The molecular formula is C13H19N3O. The molecule has 17 heavy (non-hydrogen) atoms. The molecule has 1 amide bonds. The van der Waals surface area contributed by atoms with E-state index >= 15 is 0 Å². The Morgan fingerprint density at radius 1 is 1.41 bits per heavy atom. The highest BCUT2D eigenvalue weighted by atomic mass is 16.1. The monoisotopic (exact) mass is 233 g/mol. The van der Waals surface area contributed by atoms with Gasteiger partial charge >= 0.3 is 0 Å². The van der Waals surface area contributed by atoms with Crippen molar-refractivity contribution in [1.82, 2.24) is 4.98 Å². The topological polar surface area (TPSA) is 54.0 Å². The highest BCUT2D eigenvalue weighted by Crippen LogP contribution is 2.25. The number of rotatable bonds is 4. The van der Waals surface area contributed by atoms with Crippen LogP contribution in [0.5, 0.6) is 0 Å². The van der Waals surface area contributed by atoms with E-state index in [0.717, 1.165) is 30.9 Å². The van der Waals surface area contributed by atoms with Gasteiger partial charge in [-0.2, -0.15) is 0 Å². The molecule has 0 saturated heterocycles. The van der Waals surface area contributed by atoms with Gasteiger partial charge in [0.25, 0.3) is 0 Å². The van der Waals surface area contributed by atoms with Gasteiger partial charge in [0.2, 0.25) is 5.91 Å². The van der Waals surface area contributed by atoms with Crippen LogP contribution in [0, 0.1) is 5.92 Å². The lowest BCUT2D eigenvalue weighted by molar-refractivity contribution is -0.119. The molecule has 1 fully saturated rings. The molecule has 1 aromatic rings. The molecule has 1 aliphatic carbocycles. The molecule has 1 heterocycles. The number of carbonyl (C=O) groups excluding carboxylic acids is 1. The van der Waals surface area contributed by atoms with Gasteiger partial charge in [-0.3, -0.25) is 4.79 Å². The molecule has 1 saturated carbocycles. The van der Waals surface area contributed by atoms with Gasteiger partial charge in [0, 0.05) is 12.5 Å². The van der Waals surface area contributed by atoms with Crippen molar-refractivity contribution in [2.75, 3.05) is 17.2 Å². The molecule has 0 aliphatic heterocycles. The number of pyridine rings is 1. The number of hydrogen-bond acceptors (Lipinski definition) is 3. The summed E-state index contributed by atoms with van der Waals surface area (Å²) in [5.41, 5.74) is 0.781. The molecule has 0 aromatic carbocycles. The van der Waals surface area contributed by atoms with Crippen LogP contribution in [0.3, 0.4) is 0 Å². The molecule has 92 valence electrons. The smallest absolute Gasteiger partial charge is 0.227 e. The third-order valence-electron chi connectivity index (χ3n) is 3.11. The highest BCUT2D eigenvalue weighted by molar-refractivity contribution is 5.92. The zero-order valence-electron chi connectivity index (χ0n) is 10.2. The van der Waals surface area contributed by atoms with E-state index in [1.165, 1.54) is 12.8 Å². The third-order valence-corrected chi connectivity index (χ3v) is 3.11. The Morgan fingerprint density at radius 3 is 2.76 bits per heavy atom. The van der Waals surface area contributed by atoms with E-state index < -0.39 is 0 Å². The summed E-state index contributed by atoms with van der Waals surface area (Å²) >= 11 is 0. The number of anilines is 2. The normalized spacial score (nSPS) is 15.8. The summed E-state index contributed by atoms with van der Waals surface area (Å²) in [5.74, 6) is 1.18. The van der Waals surface area contributed by atoms with Gasteiger partial charge < -0.3 is 10.6 Å². The maximum atomic E-state index is 11.9. The predicted octanol–water partition coefficient (Wildman–Crippen LogP) is 2.64. The highest BCUT2D eigenvalue weighted by Gasteiger charge is 2.22. The summed E-state index contributed by atoms with van der Waals surface area (Å²) in [6, 6.07) is 3.77. The van der Waals surface area contributed by atoms with Crippen LogP contribution in [-0.2, 0) is 4.79 Å². The summed E-state index contributed by atoms with van der Waals surface area (Å²) < 4.78 is 0. The van der Waals surface area contributed by atoms with Gasteiger partial charge in [0.05, 0.1) is 11.9 Å². The number of hydrogen-bond donors (Lipinski definition) is 2. The quantitative estimate of drug-likeness (QED) is 0.840. The van der Waals surface area contributed by atoms with Crippen molar-refractivity contribution in [2.24, 2.45) is 5.92 Å². The first-order chi connectivity index (χ1) is 8.29. The van der Waals surface area contributed by atoms with E-state index in [1.54, 1.807) is 6.20 Å². The fourth-order valence-corrected chi connectivity index (χ4v) is 2.19. The number of aromatic nitrogens is 1. The van der Waals surface area contributed by atoms with E-state index in [1.807, 2.05) is 19.1 Å². The van der Waals surface area contributed by atoms with Gasteiger partial charge in [0.1, 0.15) is 5.82 Å². The molecule has 1 aliphatic rings. The molecule has 1 aromatic heterocycles. The van der Waals surface area contributed by atoms with Crippen LogP contribution in [0.15, 0.2) is 18.3 Å². The average Bonchev–Trinajstić information content (AvgIpc) is 2.86. The molecule has 4 heteroatoms. The molecule has 0 unspecified atom stereocenters. The second-order valence-electron chi connectivity index (χ2n) is 4.43. The van der Waals surface area contributed by atoms with Crippen molar-refractivity contribution in [2.45, 2.75) is 32.6 Å². The third kappa shape index (κ3) is 3.19. The van der Waals surface area contributed by atoms with E-state index in [2.05, 4.69) is 15.6 Å². The van der Waals surface area contributed by atoms with Gasteiger partial charge in [-0.05, 0) is 31.9 Å². The van der Waals surface area contributed by atoms with Crippen molar-refractivity contribution in [3.05, 3.63) is 18.3 Å². The largest absolute Gasteiger partial charge is 0.370 e. The maximum Gasteiger partial charge on any atom is 0.227 e. The molecule has 4 nitrogen and oxygen atoms in total. The Bertz CT molecular complexity index is 369. The summed E-state index contributed by atoms with van der Waals surface area (Å²) in [6.45, 7) is 2.87. The van der Waals surface area contributed by atoms with Crippen molar-refractivity contribution in [3.63, 3.8) is 0 Å². The van der Waals surface area contributed by atoms with Crippen LogP contribution in [0.4, 0.5) is 11.5 Å². The van der Waals surface area contributed by atoms with Crippen LogP contribution >= 0.6 is 0 Å². The van der Waals surface area contributed by atoms with Crippen LogP contribution in [0.1, 0.15) is 32.6 Å². The van der Waals surface area contributed by atoms with Crippen LogP contribution < -0.4 is 10.6 Å². The minimum absolute atomic E-state index is 0.139. The van der Waals surface area contributed by atoms with Gasteiger partial charge in [0.15, 0.2) is 0 Å². The minimum atomic E-state index is 0.139. The Morgan fingerprint density at radius 2 is 2.18 bits per heavy atom. The first kappa shape index (κ1) is 11.9. The Hall–Kier alpha value is -1.58. The molecular weight excluding hydrogens is 214 g/mol. The zero-order valence-corrected chi connectivity index (χ0v) is 10.2. The van der Waals surface area contributed by atoms with E-state index in [-0.39, 0.29) is 11.8 Å². The zero-order chi connectivity index (χ0) is 12.1. The SMILES string of the molecule is CCNc1ccc(NC(=O)C2CCCC2)cn1. The number of nitrogens with zero attached hydrogens (tertiary/aromatic N) is 1. The van der Waals surface area contributed by atoms with Crippen molar-refractivity contribution in [3.8, 4) is 0 Å². The first-order valence-corrected chi connectivity index (χ1v) is 6.30. The molecule has 0 atom stereocenters. The van der Waals surface area contributed by atoms with E-state index in [4.69, 9.17) is 0 Å². The van der Waals surface area contributed by atoms with Gasteiger partial charge in [-0.1, -0.05) is 12.8 Å². The van der Waals surface area contributed by atoms with E-state index in [9.17, 15) is 4.79 Å². The van der Waals surface area contributed by atoms with Crippen LogP contribution in [-0.4, -0.2) is 17.4 Å². The minimum Gasteiger partial charge on any atom is -0.370 e. The number of amides is 1. The number of nitrogens with one attached hydrogen (secondary N) is 2. The average molecular weight is 233 g/mol. The summed E-state index contributed by atoms with van der Waals surface area (Å²) in [7, 11) is 0. The van der Waals surface area contributed by atoms with Crippen molar-refractivity contribution >= 4 is 17.4 Å². The standard InChI is InChI=1S/C13H19N3O/c1-2-14-12-8-7-11(9-15-12)16-13(17)10-5-3-4-6-10/h7-10H,2-6H2,1H3,(H,14,15)(H,16,17). The molecule has 2 rings (SSSR count). The molecule has 0 spiro atoms. The fraction of sp³-hybridized carbons (Fsp3) is 0.538. The Labute approximate surface area is 102 Å². The molecule has 0 radical (unpaired) electrons. The van der Waals surface area contributed by atoms with Gasteiger partial charge in [-0.15, -0.1) is 0 Å². The first-order valence-electron chi connectivity index (χ1n) is 6.30. The van der Waals surface area contributed by atoms with Gasteiger partial charge in [-0.25, -0.2) is 4.98 Å². The lowest BCUT2D eigenvalue weighted by Crippen LogP contribution is -2.20. The molecule has 2 N–H and O–H groups in total. The lowest BCUT2D eigenvalue weighted by Gasteiger charge is -2.10. The summed E-state index contributed by atoms with van der Waals surface area (Å²) in [4.78, 5) is 16.1. The van der Waals surface area contributed by atoms with Crippen molar-refractivity contribution < 1.29 is 4.79 Å². The second-order valence-corrected chi connectivity index (χ2v) is 4.43. The number of carbonyl (C=O) groups is 1. The summed E-state index contributed by atoms with van der Waals surface area (Å²) in [5, 5.41) is 6.04. The van der Waals surface area contributed by atoms with Crippen LogP contribution in [0.2, 0.25) is 0 Å². The maximum absolute atomic E-state index is 11.9. The van der Waals surface area contributed by atoms with Crippen LogP contribution in [0.25, 0.3) is 0 Å². The second kappa shape index (κ2) is 5.66. The molecule has 0 bridgehead atoms. The van der Waals surface area contributed by atoms with E-state index in [0.29, 0.717) is 0 Å². The van der Waals surface area contributed by atoms with Crippen molar-refractivity contribution in [1.29, 1.82) is 0 Å². The fourth-order valence-electron chi connectivity index (χ4n) is 2.19. The lowest BCUT2D eigenvalue weighted by atomic mass is 10.1. The Kier molecular flexibility index (Phi) is 3.96. The Balaban J connectivity index is 1.91.